The van der Waals surface area contributed by atoms with Gasteiger partial charge in [-0.3, -0.25) is 9.48 Å². The Labute approximate surface area is 156 Å². The molecule has 0 unspecified atom stereocenters. The molecule has 25 heavy (non-hydrogen) atoms. The molecule has 4 rings (SSSR count). The van der Waals surface area contributed by atoms with E-state index in [9.17, 15) is 4.79 Å². The molecule has 2 aromatic rings. The number of aromatic nitrogens is 2. The first-order chi connectivity index (χ1) is 12.1. The summed E-state index contributed by atoms with van der Waals surface area (Å²) in [6.07, 6.45) is 8.40. The lowest BCUT2D eigenvalue weighted by Gasteiger charge is -2.36. The van der Waals surface area contributed by atoms with E-state index < -0.39 is 0 Å². The number of hydrogen-bond acceptors (Lipinski definition) is 3. The van der Waals surface area contributed by atoms with Crippen LogP contribution < -0.4 is 5.32 Å². The van der Waals surface area contributed by atoms with Crippen molar-refractivity contribution in [1.82, 2.24) is 20.0 Å². The highest BCUT2D eigenvalue weighted by atomic mass is 79.9. The molecule has 0 saturated carbocycles. The van der Waals surface area contributed by atoms with E-state index in [2.05, 4.69) is 38.3 Å². The third kappa shape index (κ3) is 3.65. The molecule has 1 aromatic carbocycles. The van der Waals surface area contributed by atoms with Gasteiger partial charge in [0.2, 0.25) is 0 Å². The number of hydrogen-bond donors (Lipinski definition) is 1. The van der Waals surface area contributed by atoms with Crippen LogP contribution in [0.1, 0.15) is 41.6 Å². The Morgan fingerprint density at radius 3 is 2.52 bits per heavy atom. The van der Waals surface area contributed by atoms with Gasteiger partial charge in [0, 0.05) is 29.9 Å². The zero-order valence-electron chi connectivity index (χ0n) is 14.4. The Morgan fingerprint density at radius 1 is 1.24 bits per heavy atom. The van der Waals surface area contributed by atoms with Crippen molar-refractivity contribution in [3.05, 3.63) is 52.3 Å². The van der Waals surface area contributed by atoms with E-state index in [4.69, 9.17) is 0 Å². The zero-order chi connectivity index (χ0) is 17.4. The second-order valence-electron chi connectivity index (χ2n) is 7.25. The number of carbonyl (C=O) groups is 1. The summed E-state index contributed by atoms with van der Waals surface area (Å²) in [6, 6.07) is 9.41. The van der Waals surface area contributed by atoms with Crippen LogP contribution in [-0.4, -0.2) is 45.8 Å². The number of carbonyl (C=O) groups excluding carboxylic acids is 1. The number of piperidine rings is 1. The molecule has 2 fully saturated rings. The minimum Gasteiger partial charge on any atom is -0.349 e. The van der Waals surface area contributed by atoms with E-state index in [0.717, 1.165) is 28.4 Å². The molecule has 0 aliphatic carbocycles. The van der Waals surface area contributed by atoms with Crippen molar-refractivity contribution in [3.8, 4) is 0 Å². The highest BCUT2D eigenvalue weighted by Crippen LogP contribution is 2.34. The van der Waals surface area contributed by atoms with E-state index in [-0.39, 0.29) is 5.91 Å². The van der Waals surface area contributed by atoms with Crippen molar-refractivity contribution in [2.75, 3.05) is 7.05 Å². The monoisotopic (exact) mass is 402 g/mol. The molecule has 2 bridgehead atoms. The molecular weight excluding hydrogens is 380 g/mol. The first-order valence-electron chi connectivity index (χ1n) is 8.88. The maximum Gasteiger partial charge on any atom is 0.251 e. The SMILES string of the molecule is CN1[C@H]2CC[C@H]1CC(NC(=O)c1ccc(Cn3cc(Br)cn3)cc1)C2. The number of amides is 1. The molecule has 2 aliphatic rings. The molecule has 5 nitrogen and oxygen atoms in total. The fraction of sp³-hybridized carbons (Fsp3) is 0.474. The van der Waals surface area contributed by atoms with Gasteiger partial charge in [0.05, 0.1) is 17.2 Å². The van der Waals surface area contributed by atoms with Crippen LogP contribution in [0.15, 0.2) is 41.1 Å². The van der Waals surface area contributed by atoms with Gasteiger partial charge in [-0.15, -0.1) is 0 Å². The average molecular weight is 403 g/mol. The van der Waals surface area contributed by atoms with Gasteiger partial charge in [-0.1, -0.05) is 12.1 Å². The quantitative estimate of drug-likeness (QED) is 0.854. The van der Waals surface area contributed by atoms with Gasteiger partial charge >= 0.3 is 0 Å². The highest BCUT2D eigenvalue weighted by molar-refractivity contribution is 9.10. The third-order valence-corrected chi connectivity index (χ3v) is 6.01. The highest BCUT2D eigenvalue weighted by Gasteiger charge is 2.38. The second-order valence-corrected chi connectivity index (χ2v) is 8.16. The van der Waals surface area contributed by atoms with E-state index in [1.165, 1.54) is 12.8 Å². The molecule has 3 heterocycles. The van der Waals surface area contributed by atoms with Gasteiger partial charge in [0.1, 0.15) is 0 Å². The second kappa shape index (κ2) is 6.92. The van der Waals surface area contributed by atoms with Crippen molar-refractivity contribution in [2.45, 2.75) is 50.4 Å². The predicted octanol–water partition coefficient (Wildman–Crippen LogP) is 3.05. The van der Waals surface area contributed by atoms with Crippen LogP contribution in [0, 0.1) is 0 Å². The largest absolute Gasteiger partial charge is 0.349 e. The maximum absolute atomic E-state index is 12.6. The van der Waals surface area contributed by atoms with Crippen LogP contribution in [0.3, 0.4) is 0 Å². The van der Waals surface area contributed by atoms with Gasteiger partial charge < -0.3 is 10.2 Å². The van der Waals surface area contributed by atoms with Crippen molar-refractivity contribution in [3.63, 3.8) is 0 Å². The van der Waals surface area contributed by atoms with Crippen LogP contribution in [0.2, 0.25) is 0 Å². The molecule has 2 atom stereocenters. The summed E-state index contributed by atoms with van der Waals surface area (Å²) in [5, 5.41) is 7.50. The minimum absolute atomic E-state index is 0.0438. The van der Waals surface area contributed by atoms with E-state index in [1.54, 1.807) is 6.20 Å². The third-order valence-electron chi connectivity index (χ3n) is 5.60. The summed E-state index contributed by atoms with van der Waals surface area (Å²) in [5.41, 5.74) is 1.86. The number of rotatable bonds is 4. The first kappa shape index (κ1) is 16.8. The van der Waals surface area contributed by atoms with Crippen molar-refractivity contribution in [2.24, 2.45) is 0 Å². The smallest absolute Gasteiger partial charge is 0.251 e. The van der Waals surface area contributed by atoms with Crippen LogP contribution in [0.5, 0.6) is 0 Å². The van der Waals surface area contributed by atoms with E-state index >= 15 is 0 Å². The summed E-state index contributed by atoms with van der Waals surface area (Å²) < 4.78 is 2.84. The molecule has 1 amide bonds. The lowest BCUT2D eigenvalue weighted by molar-refractivity contribution is 0.0882. The molecule has 0 radical (unpaired) electrons. The molecule has 0 spiro atoms. The van der Waals surface area contributed by atoms with E-state index in [1.807, 2.05) is 35.1 Å². The Balaban J connectivity index is 1.36. The van der Waals surface area contributed by atoms with E-state index in [0.29, 0.717) is 24.7 Å². The summed E-state index contributed by atoms with van der Waals surface area (Å²) in [7, 11) is 2.22. The van der Waals surface area contributed by atoms with Crippen molar-refractivity contribution in [1.29, 1.82) is 0 Å². The molecule has 2 saturated heterocycles. The fourth-order valence-electron chi connectivity index (χ4n) is 4.17. The minimum atomic E-state index is 0.0438. The predicted molar refractivity (Wildman–Crippen MR) is 101 cm³/mol. The topological polar surface area (TPSA) is 50.2 Å². The molecule has 132 valence electrons. The summed E-state index contributed by atoms with van der Waals surface area (Å²) in [5.74, 6) is 0.0438. The summed E-state index contributed by atoms with van der Waals surface area (Å²) in [6.45, 7) is 0.700. The summed E-state index contributed by atoms with van der Waals surface area (Å²) in [4.78, 5) is 15.0. The van der Waals surface area contributed by atoms with Crippen LogP contribution in [0.4, 0.5) is 0 Å². The molecule has 1 N–H and O–H groups in total. The van der Waals surface area contributed by atoms with Gasteiger partial charge in [0.15, 0.2) is 0 Å². The lowest BCUT2D eigenvalue weighted by atomic mass is 9.97. The molecule has 6 heteroatoms. The normalized spacial score (nSPS) is 25.9. The van der Waals surface area contributed by atoms with Gasteiger partial charge in [-0.05, 0) is 66.4 Å². The van der Waals surface area contributed by atoms with Gasteiger partial charge in [-0.25, -0.2) is 0 Å². The van der Waals surface area contributed by atoms with Gasteiger partial charge in [0.25, 0.3) is 5.91 Å². The number of halogens is 1. The first-order valence-corrected chi connectivity index (χ1v) is 9.67. The number of nitrogens with one attached hydrogen (secondary N) is 1. The zero-order valence-corrected chi connectivity index (χ0v) is 15.9. The lowest BCUT2D eigenvalue weighted by Crippen LogP contribution is -2.48. The number of benzene rings is 1. The summed E-state index contributed by atoms with van der Waals surface area (Å²) >= 11 is 3.40. The molecule has 2 aliphatic heterocycles. The van der Waals surface area contributed by atoms with Gasteiger partial charge in [-0.2, -0.15) is 5.10 Å². The molecule has 1 aromatic heterocycles. The molecular formula is C19H23BrN4O. The Hall–Kier alpha value is -1.66. The average Bonchev–Trinajstić information content (AvgIpc) is 3.07. The van der Waals surface area contributed by atoms with Crippen molar-refractivity contribution >= 4 is 21.8 Å². The number of fused-ring (bicyclic) bond motifs is 2. The standard InChI is InChI=1S/C19H23BrN4O/c1-23-17-6-7-18(23)9-16(8-17)22-19(25)14-4-2-13(3-5-14)11-24-12-15(20)10-21-24/h2-5,10,12,16-18H,6-9,11H2,1H3,(H,22,25)/t17-,18-/m0/s1. The fourth-order valence-corrected chi connectivity index (χ4v) is 4.50. The Kier molecular flexibility index (Phi) is 4.65. The Morgan fingerprint density at radius 2 is 1.92 bits per heavy atom. The van der Waals surface area contributed by atoms with Crippen molar-refractivity contribution < 1.29 is 4.79 Å². The van der Waals surface area contributed by atoms with Crippen LogP contribution in [-0.2, 0) is 6.54 Å². The Bertz CT molecular complexity index is 743. The maximum atomic E-state index is 12.6. The van der Waals surface area contributed by atoms with Crippen LogP contribution >= 0.6 is 15.9 Å². The van der Waals surface area contributed by atoms with Crippen LogP contribution in [0.25, 0.3) is 0 Å². The number of nitrogens with zero attached hydrogens (tertiary/aromatic N) is 3.